The predicted molar refractivity (Wildman–Crippen MR) is 107 cm³/mol. The summed E-state index contributed by atoms with van der Waals surface area (Å²) in [5.41, 5.74) is 1.81. The Morgan fingerprint density at radius 1 is 1.00 bits per heavy atom. The third-order valence-electron chi connectivity index (χ3n) is 5.08. The van der Waals surface area contributed by atoms with Gasteiger partial charge in [-0.25, -0.2) is 9.97 Å². The maximum absolute atomic E-state index is 12.4. The molecule has 9 nitrogen and oxygen atoms in total. The van der Waals surface area contributed by atoms with Crippen molar-refractivity contribution in [1.82, 2.24) is 35.3 Å². The monoisotopic (exact) mass is 386 g/mol. The number of nitrogens with one attached hydrogen (secondary N) is 1. The minimum Gasteiger partial charge on any atom is -0.336 e. The Labute approximate surface area is 166 Å². The molecule has 1 N–H and O–H groups in total. The fourth-order valence-electron chi connectivity index (χ4n) is 3.57. The molecule has 9 heteroatoms. The van der Waals surface area contributed by atoms with E-state index in [-0.39, 0.29) is 11.7 Å². The number of amides is 1. The first-order chi connectivity index (χ1) is 14.3. The van der Waals surface area contributed by atoms with Crippen molar-refractivity contribution < 1.29 is 4.79 Å². The zero-order valence-corrected chi connectivity index (χ0v) is 15.6. The molecule has 4 aromatic rings. The fraction of sp³-hybridized carbons (Fsp3) is 0.200. The number of hydrogen-bond acceptors (Lipinski definition) is 7. The first-order valence-corrected chi connectivity index (χ1v) is 9.37. The summed E-state index contributed by atoms with van der Waals surface area (Å²) in [5.74, 6) is 0.683. The molecule has 0 saturated carbocycles. The van der Waals surface area contributed by atoms with Crippen LogP contribution in [-0.2, 0) is 0 Å². The highest BCUT2D eigenvalue weighted by atomic mass is 16.2. The topological polar surface area (TPSA) is 104 Å². The Kier molecular flexibility index (Phi) is 4.32. The Balaban J connectivity index is 1.36. The molecule has 1 amide bonds. The number of nitrogens with zero attached hydrogens (tertiary/aromatic N) is 7. The van der Waals surface area contributed by atoms with E-state index >= 15 is 0 Å². The second-order valence-electron chi connectivity index (χ2n) is 6.78. The van der Waals surface area contributed by atoms with Gasteiger partial charge in [-0.15, -0.1) is 5.10 Å². The first kappa shape index (κ1) is 17.2. The predicted octanol–water partition coefficient (Wildman–Crippen LogP) is 1.77. The largest absolute Gasteiger partial charge is 0.336 e. The molecule has 144 valence electrons. The number of H-pyrrole nitrogens is 1. The zero-order valence-electron chi connectivity index (χ0n) is 15.6. The molecule has 0 radical (unpaired) electrons. The molecular weight excluding hydrogens is 368 g/mol. The second-order valence-corrected chi connectivity index (χ2v) is 6.78. The van der Waals surface area contributed by atoms with E-state index in [2.05, 4.69) is 43.6 Å². The summed E-state index contributed by atoms with van der Waals surface area (Å²) >= 11 is 0. The standard InChI is InChI=1S/C20H18N8O/c29-19(18-21-13-23-25-18)27-8-10-28(11-9-27)20-24-17(12-22-26-20)16-7-3-5-14-4-1-2-6-15(14)16/h1-7,12-13H,8-11H2,(H,21,23,25). The number of benzene rings is 2. The lowest BCUT2D eigenvalue weighted by Crippen LogP contribution is -2.49. The van der Waals surface area contributed by atoms with Crippen molar-refractivity contribution in [1.29, 1.82) is 0 Å². The molecule has 2 aromatic carbocycles. The average Bonchev–Trinajstić information content (AvgIpc) is 3.33. The van der Waals surface area contributed by atoms with Gasteiger partial charge in [-0.1, -0.05) is 42.5 Å². The first-order valence-electron chi connectivity index (χ1n) is 9.37. The third-order valence-corrected chi connectivity index (χ3v) is 5.08. The molecule has 0 unspecified atom stereocenters. The maximum atomic E-state index is 12.4. The van der Waals surface area contributed by atoms with E-state index in [9.17, 15) is 4.79 Å². The molecule has 1 aliphatic heterocycles. The molecule has 1 aliphatic rings. The Bertz CT molecular complexity index is 1150. The lowest BCUT2D eigenvalue weighted by atomic mass is 10.0. The van der Waals surface area contributed by atoms with Gasteiger partial charge in [0.2, 0.25) is 11.8 Å². The van der Waals surface area contributed by atoms with Gasteiger partial charge in [-0.3, -0.25) is 9.89 Å². The molecule has 3 heterocycles. The van der Waals surface area contributed by atoms with Crippen LogP contribution in [0.1, 0.15) is 10.6 Å². The van der Waals surface area contributed by atoms with Gasteiger partial charge in [-0.05, 0) is 10.8 Å². The summed E-state index contributed by atoms with van der Waals surface area (Å²) in [6.45, 7) is 2.36. The molecule has 0 aliphatic carbocycles. The highest BCUT2D eigenvalue weighted by Crippen LogP contribution is 2.27. The highest BCUT2D eigenvalue weighted by Gasteiger charge is 2.25. The summed E-state index contributed by atoms with van der Waals surface area (Å²) in [5, 5.41) is 17.0. The van der Waals surface area contributed by atoms with Gasteiger partial charge < -0.3 is 9.80 Å². The van der Waals surface area contributed by atoms with Crippen LogP contribution in [-0.4, -0.2) is 67.3 Å². The Hall–Kier alpha value is -3.88. The van der Waals surface area contributed by atoms with E-state index in [1.807, 2.05) is 29.2 Å². The van der Waals surface area contributed by atoms with Gasteiger partial charge in [0.15, 0.2) is 0 Å². The van der Waals surface area contributed by atoms with Gasteiger partial charge in [-0.2, -0.15) is 10.2 Å². The van der Waals surface area contributed by atoms with E-state index in [1.54, 1.807) is 11.1 Å². The number of carbonyl (C=O) groups excluding carboxylic acids is 1. The van der Waals surface area contributed by atoms with Crippen LogP contribution in [0.4, 0.5) is 5.95 Å². The Morgan fingerprint density at radius 2 is 1.83 bits per heavy atom. The number of anilines is 1. The van der Waals surface area contributed by atoms with Crippen molar-refractivity contribution in [2.75, 3.05) is 31.1 Å². The lowest BCUT2D eigenvalue weighted by molar-refractivity contribution is 0.0734. The van der Waals surface area contributed by atoms with E-state index in [0.717, 1.165) is 22.0 Å². The number of aromatic amines is 1. The van der Waals surface area contributed by atoms with Gasteiger partial charge in [0.1, 0.15) is 6.33 Å². The number of fused-ring (bicyclic) bond motifs is 1. The molecule has 29 heavy (non-hydrogen) atoms. The van der Waals surface area contributed by atoms with Gasteiger partial charge in [0.05, 0.1) is 11.9 Å². The van der Waals surface area contributed by atoms with Crippen molar-refractivity contribution in [3.63, 3.8) is 0 Å². The van der Waals surface area contributed by atoms with Crippen molar-refractivity contribution in [2.24, 2.45) is 0 Å². The molecule has 1 saturated heterocycles. The van der Waals surface area contributed by atoms with Crippen LogP contribution >= 0.6 is 0 Å². The van der Waals surface area contributed by atoms with E-state index in [4.69, 9.17) is 4.98 Å². The minimum absolute atomic E-state index is 0.148. The highest BCUT2D eigenvalue weighted by molar-refractivity contribution is 5.95. The van der Waals surface area contributed by atoms with Gasteiger partial charge in [0.25, 0.3) is 5.91 Å². The van der Waals surface area contributed by atoms with E-state index in [0.29, 0.717) is 32.1 Å². The normalized spacial score (nSPS) is 14.3. The molecule has 1 fully saturated rings. The summed E-state index contributed by atoms with van der Waals surface area (Å²) < 4.78 is 0. The van der Waals surface area contributed by atoms with Gasteiger partial charge >= 0.3 is 0 Å². The molecule has 0 atom stereocenters. The molecule has 0 bridgehead atoms. The van der Waals surface area contributed by atoms with Crippen LogP contribution in [0.5, 0.6) is 0 Å². The minimum atomic E-state index is -0.148. The van der Waals surface area contributed by atoms with Crippen LogP contribution in [0.3, 0.4) is 0 Å². The average molecular weight is 386 g/mol. The van der Waals surface area contributed by atoms with Gasteiger partial charge in [0, 0.05) is 31.7 Å². The summed E-state index contributed by atoms with van der Waals surface area (Å²) in [6.07, 6.45) is 3.02. The second kappa shape index (κ2) is 7.27. The quantitative estimate of drug-likeness (QED) is 0.572. The van der Waals surface area contributed by atoms with Crippen LogP contribution in [0.15, 0.2) is 55.0 Å². The van der Waals surface area contributed by atoms with Crippen molar-refractivity contribution >= 4 is 22.6 Å². The molecule has 0 spiro atoms. The SMILES string of the molecule is O=C(c1ncn[nH]1)N1CCN(c2nncc(-c3cccc4ccccc34)n2)CC1. The number of piperazine rings is 1. The maximum Gasteiger partial charge on any atom is 0.291 e. The van der Waals surface area contributed by atoms with E-state index in [1.165, 1.54) is 6.33 Å². The Morgan fingerprint density at radius 3 is 2.66 bits per heavy atom. The van der Waals surface area contributed by atoms with Crippen LogP contribution in [0, 0.1) is 0 Å². The molecular formula is C20H18N8O. The third kappa shape index (κ3) is 3.27. The van der Waals surface area contributed by atoms with Crippen LogP contribution in [0.25, 0.3) is 22.0 Å². The van der Waals surface area contributed by atoms with Crippen molar-refractivity contribution in [2.45, 2.75) is 0 Å². The molecule has 5 rings (SSSR count). The summed E-state index contributed by atoms with van der Waals surface area (Å²) in [4.78, 5) is 24.9. The number of aromatic nitrogens is 6. The van der Waals surface area contributed by atoms with E-state index < -0.39 is 0 Å². The lowest BCUT2D eigenvalue weighted by Gasteiger charge is -2.34. The number of hydrogen-bond donors (Lipinski definition) is 1. The fourth-order valence-corrected chi connectivity index (χ4v) is 3.57. The zero-order chi connectivity index (χ0) is 19.6. The van der Waals surface area contributed by atoms with Crippen molar-refractivity contribution in [3.8, 4) is 11.3 Å². The summed E-state index contributed by atoms with van der Waals surface area (Å²) in [7, 11) is 0. The van der Waals surface area contributed by atoms with Crippen LogP contribution < -0.4 is 4.90 Å². The number of carbonyl (C=O) groups is 1. The summed E-state index contributed by atoms with van der Waals surface area (Å²) in [6, 6.07) is 14.4. The number of rotatable bonds is 3. The molecule has 2 aromatic heterocycles. The van der Waals surface area contributed by atoms with Crippen molar-refractivity contribution in [3.05, 3.63) is 60.8 Å². The van der Waals surface area contributed by atoms with Crippen LogP contribution in [0.2, 0.25) is 0 Å². The smallest absolute Gasteiger partial charge is 0.291 e.